The fourth-order valence-electron chi connectivity index (χ4n) is 3.96. The van der Waals surface area contributed by atoms with Crippen molar-refractivity contribution < 1.29 is 25.2 Å². The molecule has 0 radical (unpaired) electrons. The Bertz CT molecular complexity index is 662. The van der Waals surface area contributed by atoms with E-state index in [0.29, 0.717) is 19.3 Å². The molecule has 0 amide bonds. The molecule has 0 aliphatic heterocycles. The number of aliphatic hydroxyl groups excluding tert-OH is 4. The molecule has 6 atom stereocenters. The van der Waals surface area contributed by atoms with Gasteiger partial charge in [-0.05, 0) is 72.5 Å². The van der Waals surface area contributed by atoms with E-state index in [0.717, 1.165) is 29.5 Å². The lowest BCUT2D eigenvalue weighted by atomic mass is 9.89. The Kier molecular flexibility index (Phi) is 11.8. The van der Waals surface area contributed by atoms with Crippen molar-refractivity contribution in [2.45, 2.75) is 69.4 Å². The summed E-state index contributed by atoms with van der Waals surface area (Å²) in [5.41, 5.74) is 0. The van der Waals surface area contributed by atoms with Gasteiger partial charge in [-0.15, -0.1) is 11.3 Å². The highest BCUT2D eigenvalue weighted by molar-refractivity contribution is 9.11. The number of unbranched alkanes of at least 4 members (excludes halogenated alkanes) is 1. The van der Waals surface area contributed by atoms with Gasteiger partial charge in [-0.1, -0.05) is 24.3 Å². The molecule has 1 heterocycles. The van der Waals surface area contributed by atoms with Crippen LogP contribution in [0.2, 0.25) is 0 Å². The van der Waals surface area contributed by atoms with Gasteiger partial charge in [0.05, 0.1) is 34.8 Å². The minimum atomic E-state index is -0.644. The number of allylic oxidation sites excluding steroid dienone is 2. The molecule has 0 aromatic carbocycles. The van der Waals surface area contributed by atoms with Crippen LogP contribution in [-0.4, -0.2) is 58.6 Å². The van der Waals surface area contributed by atoms with Crippen LogP contribution in [0.3, 0.4) is 0 Å². The fraction of sp³-hybridized carbons (Fsp3) is 0.652. The maximum absolute atomic E-state index is 10.4. The second-order valence-electron chi connectivity index (χ2n) is 7.99. The summed E-state index contributed by atoms with van der Waals surface area (Å²) in [6.45, 7) is -0.197. The van der Waals surface area contributed by atoms with Crippen LogP contribution in [0.5, 0.6) is 0 Å². The Morgan fingerprint density at radius 1 is 1.23 bits per heavy atom. The maximum atomic E-state index is 10.4. The first-order valence-electron chi connectivity index (χ1n) is 10.7. The van der Waals surface area contributed by atoms with Crippen molar-refractivity contribution in [2.75, 3.05) is 13.7 Å². The predicted octanol–water partition coefficient (Wildman–Crippen LogP) is 3.84. The molecule has 7 heteroatoms. The third-order valence-electron chi connectivity index (χ3n) is 5.76. The van der Waals surface area contributed by atoms with Crippen molar-refractivity contribution in [3.63, 3.8) is 0 Å². The van der Waals surface area contributed by atoms with Gasteiger partial charge in [-0.3, -0.25) is 0 Å². The van der Waals surface area contributed by atoms with Crippen LogP contribution in [-0.2, 0) is 11.2 Å². The maximum Gasteiger partial charge on any atom is 0.0771 e. The van der Waals surface area contributed by atoms with Crippen LogP contribution in [0.15, 0.2) is 40.2 Å². The van der Waals surface area contributed by atoms with Crippen molar-refractivity contribution in [1.82, 2.24) is 0 Å². The minimum Gasteiger partial charge on any atom is -0.394 e. The molecule has 30 heavy (non-hydrogen) atoms. The van der Waals surface area contributed by atoms with E-state index in [4.69, 9.17) is 9.84 Å². The van der Waals surface area contributed by atoms with Crippen LogP contribution in [0.1, 0.15) is 43.4 Å². The first kappa shape index (κ1) is 25.7. The van der Waals surface area contributed by atoms with Crippen LogP contribution in [0.25, 0.3) is 0 Å². The molecule has 0 saturated heterocycles. The lowest BCUT2D eigenvalue weighted by Gasteiger charge is -2.20. The number of aliphatic hydroxyl groups is 4. The molecular formula is C23H35BrO5S. The van der Waals surface area contributed by atoms with Gasteiger partial charge in [-0.25, -0.2) is 0 Å². The fourth-order valence-corrected chi connectivity index (χ4v) is 5.45. The highest BCUT2D eigenvalue weighted by Crippen LogP contribution is 2.36. The summed E-state index contributed by atoms with van der Waals surface area (Å²) in [7, 11) is 1.70. The molecule has 4 N–H and O–H groups in total. The summed E-state index contributed by atoms with van der Waals surface area (Å²) in [6, 6.07) is 4.18. The Hall–Kier alpha value is -0.540. The third-order valence-corrected chi connectivity index (χ3v) is 7.45. The van der Waals surface area contributed by atoms with E-state index in [1.54, 1.807) is 18.4 Å². The molecule has 1 aromatic rings. The second-order valence-corrected chi connectivity index (χ2v) is 10.5. The summed E-state index contributed by atoms with van der Waals surface area (Å²) in [4.78, 5) is 1.31. The van der Waals surface area contributed by atoms with Crippen molar-refractivity contribution in [3.05, 3.63) is 45.1 Å². The molecule has 1 aliphatic carbocycles. The summed E-state index contributed by atoms with van der Waals surface area (Å²) < 4.78 is 6.73. The van der Waals surface area contributed by atoms with Gasteiger partial charge < -0.3 is 25.2 Å². The van der Waals surface area contributed by atoms with E-state index >= 15 is 0 Å². The zero-order chi connectivity index (χ0) is 21.9. The molecule has 5 nitrogen and oxygen atoms in total. The molecule has 1 aliphatic rings. The average molecular weight is 503 g/mol. The quantitative estimate of drug-likeness (QED) is 0.243. The normalized spacial score (nSPS) is 26.7. The van der Waals surface area contributed by atoms with Crippen LogP contribution in [0.4, 0.5) is 0 Å². The van der Waals surface area contributed by atoms with Gasteiger partial charge in [0.25, 0.3) is 0 Å². The lowest BCUT2D eigenvalue weighted by Crippen LogP contribution is -2.20. The minimum absolute atomic E-state index is 0.0127. The first-order chi connectivity index (χ1) is 14.4. The third kappa shape index (κ3) is 8.54. The molecule has 0 bridgehead atoms. The lowest BCUT2D eigenvalue weighted by molar-refractivity contribution is 0.0868. The highest BCUT2D eigenvalue weighted by atomic mass is 79.9. The molecule has 1 unspecified atom stereocenters. The van der Waals surface area contributed by atoms with E-state index < -0.39 is 18.3 Å². The largest absolute Gasteiger partial charge is 0.394 e. The molecule has 1 saturated carbocycles. The number of ether oxygens (including phenoxy) is 1. The van der Waals surface area contributed by atoms with E-state index in [1.165, 1.54) is 4.88 Å². The monoisotopic (exact) mass is 502 g/mol. The zero-order valence-corrected chi connectivity index (χ0v) is 20.0. The Morgan fingerprint density at radius 2 is 2.03 bits per heavy atom. The van der Waals surface area contributed by atoms with Crippen molar-refractivity contribution >= 4 is 27.3 Å². The number of thiophene rings is 1. The number of aryl methyl sites for hydroxylation is 1. The van der Waals surface area contributed by atoms with Crippen molar-refractivity contribution in [3.8, 4) is 0 Å². The molecule has 0 spiro atoms. The van der Waals surface area contributed by atoms with Crippen LogP contribution < -0.4 is 0 Å². The van der Waals surface area contributed by atoms with Gasteiger partial charge in [0.1, 0.15) is 0 Å². The van der Waals surface area contributed by atoms with Gasteiger partial charge in [0.15, 0.2) is 0 Å². The van der Waals surface area contributed by atoms with Crippen LogP contribution >= 0.6 is 27.3 Å². The van der Waals surface area contributed by atoms with Gasteiger partial charge >= 0.3 is 0 Å². The average Bonchev–Trinajstić information content (AvgIpc) is 3.26. The Labute approximate surface area is 192 Å². The molecular weight excluding hydrogens is 468 g/mol. The number of rotatable bonds is 13. The first-order valence-corrected chi connectivity index (χ1v) is 12.3. The zero-order valence-electron chi connectivity index (χ0n) is 17.6. The van der Waals surface area contributed by atoms with Crippen molar-refractivity contribution in [1.29, 1.82) is 0 Å². The number of methoxy groups -OCH3 is 1. The summed E-state index contributed by atoms with van der Waals surface area (Å²) in [6.07, 6.45) is 11.6. The molecule has 170 valence electrons. The number of hydrogen-bond acceptors (Lipinski definition) is 6. The van der Waals surface area contributed by atoms with E-state index in [9.17, 15) is 15.3 Å². The standard InChI is InChI=1S/C23H35BrO5S/c1-29-17(8-10-18-11-13-23(24)30-18)9-12-20-19(21(27)14-22(20)28)7-5-3-2-4-6-16(26)15-25/h3,5,9,11-13,16-17,19-22,25-28H,2,4,6-8,10,14-15H2,1H3/b5-3-,12-9?/t16?,17-,19+,20+,21-,22+/m0/s1. The number of halogens is 1. The molecule has 1 fully saturated rings. The summed E-state index contributed by atoms with van der Waals surface area (Å²) >= 11 is 5.22. The SMILES string of the molecule is CO[C@H](C=C[C@@H]1[C@@H](C/C=C\CCCC(O)CO)[C@@H](O)C[C@H]1O)CCc1ccc(Br)s1. The van der Waals surface area contributed by atoms with E-state index in [2.05, 4.69) is 40.2 Å². The topological polar surface area (TPSA) is 90.2 Å². The molecule has 1 aromatic heterocycles. The smallest absolute Gasteiger partial charge is 0.0771 e. The summed E-state index contributed by atoms with van der Waals surface area (Å²) in [5, 5.41) is 39.0. The Morgan fingerprint density at radius 3 is 2.70 bits per heavy atom. The van der Waals surface area contributed by atoms with Crippen molar-refractivity contribution in [2.24, 2.45) is 11.8 Å². The van der Waals surface area contributed by atoms with Crippen LogP contribution in [0, 0.1) is 11.8 Å². The number of hydrogen-bond donors (Lipinski definition) is 4. The van der Waals surface area contributed by atoms with Gasteiger partial charge in [0.2, 0.25) is 0 Å². The highest BCUT2D eigenvalue weighted by Gasteiger charge is 2.39. The van der Waals surface area contributed by atoms with Gasteiger partial charge in [0, 0.05) is 24.3 Å². The van der Waals surface area contributed by atoms with E-state index in [-0.39, 0.29) is 24.5 Å². The van der Waals surface area contributed by atoms with E-state index in [1.807, 2.05) is 12.2 Å². The Balaban J connectivity index is 1.84. The summed E-state index contributed by atoms with van der Waals surface area (Å²) in [5.74, 6) is -0.101. The second kappa shape index (κ2) is 13.8. The molecule has 2 rings (SSSR count). The van der Waals surface area contributed by atoms with Gasteiger partial charge in [-0.2, -0.15) is 0 Å². The predicted molar refractivity (Wildman–Crippen MR) is 125 cm³/mol.